The number of carbonyl (C=O) groups excluding carboxylic acids is 1. The van der Waals surface area contributed by atoms with Crippen LogP contribution >= 0.6 is 0 Å². The molecule has 25 heavy (non-hydrogen) atoms. The summed E-state index contributed by atoms with van der Waals surface area (Å²) in [6, 6.07) is 13.4. The number of rotatable bonds is 7. The number of likely N-dealkylation sites (N-methyl/N-ethyl adjacent to an activating group) is 1. The molecule has 2 aromatic carbocycles. The van der Waals surface area contributed by atoms with Gasteiger partial charge in [-0.05, 0) is 23.8 Å². The molecule has 0 spiro atoms. The fourth-order valence-electron chi connectivity index (χ4n) is 2.48. The lowest BCUT2D eigenvalue weighted by Crippen LogP contribution is -2.24. The van der Waals surface area contributed by atoms with Crippen LogP contribution in [0.15, 0.2) is 48.5 Å². The predicted molar refractivity (Wildman–Crippen MR) is 98.0 cm³/mol. The lowest BCUT2D eigenvalue weighted by molar-refractivity contribution is -0.125. The number of nitrogens with zero attached hydrogens (tertiary/aromatic N) is 1. The third kappa shape index (κ3) is 4.53. The second-order valence-corrected chi connectivity index (χ2v) is 5.44. The fourth-order valence-corrected chi connectivity index (χ4v) is 2.48. The molecule has 0 fully saturated rings. The van der Waals surface area contributed by atoms with Crippen molar-refractivity contribution >= 4 is 12.0 Å². The van der Waals surface area contributed by atoms with Gasteiger partial charge in [0.25, 0.3) is 0 Å². The molecule has 1 amide bonds. The van der Waals surface area contributed by atoms with Gasteiger partial charge in [0.15, 0.2) is 11.5 Å². The quantitative estimate of drug-likeness (QED) is 0.725. The summed E-state index contributed by atoms with van der Waals surface area (Å²) in [5, 5.41) is 0. The number of benzene rings is 2. The Bertz CT molecular complexity index is 741. The van der Waals surface area contributed by atoms with Crippen molar-refractivity contribution in [3.05, 3.63) is 59.7 Å². The normalized spacial score (nSPS) is 10.6. The van der Waals surface area contributed by atoms with E-state index in [2.05, 4.69) is 0 Å². The Hall–Kier alpha value is -2.95. The van der Waals surface area contributed by atoms with Crippen molar-refractivity contribution in [3.63, 3.8) is 0 Å². The SMILES string of the molecule is COc1ccc(C=CC(=O)N(C)Cc2ccccc2)c(OC)c1OC. The minimum Gasteiger partial charge on any atom is -0.493 e. The van der Waals surface area contributed by atoms with Crippen molar-refractivity contribution in [2.45, 2.75) is 6.54 Å². The van der Waals surface area contributed by atoms with Crippen molar-refractivity contribution in [2.24, 2.45) is 0 Å². The molecule has 0 atom stereocenters. The van der Waals surface area contributed by atoms with E-state index in [0.29, 0.717) is 23.8 Å². The van der Waals surface area contributed by atoms with E-state index in [9.17, 15) is 4.79 Å². The largest absolute Gasteiger partial charge is 0.493 e. The Balaban J connectivity index is 2.16. The molecule has 0 saturated carbocycles. The van der Waals surface area contributed by atoms with Crippen LogP contribution in [0.4, 0.5) is 0 Å². The molecule has 0 saturated heterocycles. The van der Waals surface area contributed by atoms with Gasteiger partial charge in [-0.1, -0.05) is 30.3 Å². The highest BCUT2D eigenvalue weighted by atomic mass is 16.5. The van der Waals surface area contributed by atoms with Crippen LogP contribution in [0.2, 0.25) is 0 Å². The minimum atomic E-state index is -0.0966. The van der Waals surface area contributed by atoms with Gasteiger partial charge in [0, 0.05) is 25.2 Å². The molecule has 5 heteroatoms. The zero-order valence-electron chi connectivity index (χ0n) is 15.0. The fraction of sp³-hybridized carbons (Fsp3) is 0.250. The molecule has 132 valence electrons. The standard InChI is InChI=1S/C20H23NO4/c1-21(14-15-8-6-5-7-9-15)18(22)13-11-16-10-12-17(23-2)20(25-4)19(16)24-3/h5-13H,14H2,1-4H3. The lowest BCUT2D eigenvalue weighted by atomic mass is 10.1. The second-order valence-electron chi connectivity index (χ2n) is 5.44. The van der Waals surface area contributed by atoms with Crippen molar-refractivity contribution in [1.29, 1.82) is 0 Å². The molecular weight excluding hydrogens is 318 g/mol. The molecule has 2 rings (SSSR count). The predicted octanol–water partition coefficient (Wildman–Crippen LogP) is 3.38. The summed E-state index contributed by atoms with van der Waals surface area (Å²) in [6.07, 6.45) is 3.23. The first kappa shape index (κ1) is 18.4. The Morgan fingerprint density at radius 1 is 0.960 bits per heavy atom. The van der Waals surface area contributed by atoms with Crippen LogP contribution in [0.5, 0.6) is 17.2 Å². The van der Waals surface area contributed by atoms with Gasteiger partial charge >= 0.3 is 0 Å². The first-order valence-corrected chi connectivity index (χ1v) is 7.86. The van der Waals surface area contributed by atoms with E-state index in [0.717, 1.165) is 11.1 Å². The summed E-state index contributed by atoms with van der Waals surface area (Å²) in [5.41, 5.74) is 1.82. The van der Waals surface area contributed by atoms with Crippen LogP contribution in [0.25, 0.3) is 6.08 Å². The molecule has 5 nitrogen and oxygen atoms in total. The topological polar surface area (TPSA) is 48.0 Å². The monoisotopic (exact) mass is 341 g/mol. The van der Waals surface area contributed by atoms with Gasteiger partial charge in [-0.2, -0.15) is 0 Å². The summed E-state index contributed by atoms with van der Waals surface area (Å²) in [4.78, 5) is 14.0. The maximum atomic E-state index is 12.3. The Morgan fingerprint density at radius 3 is 2.24 bits per heavy atom. The van der Waals surface area contributed by atoms with Gasteiger partial charge in [0.2, 0.25) is 11.7 Å². The summed E-state index contributed by atoms with van der Waals surface area (Å²) >= 11 is 0. The Kier molecular flexibility index (Phi) is 6.46. The van der Waals surface area contributed by atoms with Gasteiger partial charge in [-0.3, -0.25) is 4.79 Å². The van der Waals surface area contributed by atoms with Crippen molar-refractivity contribution < 1.29 is 19.0 Å². The molecule has 0 aliphatic rings. The number of methoxy groups -OCH3 is 3. The van der Waals surface area contributed by atoms with Crippen LogP contribution in [-0.2, 0) is 11.3 Å². The zero-order chi connectivity index (χ0) is 18.2. The van der Waals surface area contributed by atoms with E-state index in [4.69, 9.17) is 14.2 Å². The third-order valence-corrected chi connectivity index (χ3v) is 3.78. The molecule has 0 radical (unpaired) electrons. The summed E-state index contributed by atoms with van der Waals surface area (Å²) in [7, 11) is 6.44. The van der Waals surface area contributed by atoms with Crippen LogP contribution in [0.1, 0.15) is 11.1 Å². The highest BCUT2D eigenvalue weighted by Gasteiger charge is 2.14. The van der Waals surface area contributed by atoms with Gasteiger partial charge in [0.05, 0.1) is 21.3 Å². The second kappa shape index (κ2) is 8.78. The van der Waals surface area contributed by atoms with Crippen LogP contribution in [0, 0.1) is 0 Å². The molecule has 2 aromatic rings. The van der Waals surface area contributed by atoms with Crippen molar-refractivity contribution in [3.8, 4) is 17.2 Å². The number of hydrogen-bond donors (Lipinski definition) is 0. The minimum absolute atomic E-state index is 0.0966. The summed E-state index contributed by atoms with van der Waals surface area (Å²) in [6.45, 7) is 0.549. The van der Waals surface area contributed by atoms with Gasteiger partial charge in [0.1, 0.15) is 0 Å². The molecule has 0 N–H and O–H groups in total. The van der Waals surface area contributed by atoms with E-state index in [1.807, 2.05) is 36.4 Å². The first-order valence-electron chi connectivity index (χ1n) is 7.86. The third-order valence-electron chi connectivity index (χ3n) is 3.78. The number of carbonyl (C=O) groups is 1. The molecule has 0 aliphatic heterocycles. The molecular formula is C20H23NO4. The summed E-state index contributed by atoms with van der Waals surface area (Å²) in [5.74, 6) is 1.50. The van der Waals surface area contributed by atoms with E-state index in [1.54, 1.807) is 45.4 Å². The van der Waals surface area contributed by atoms with Gasteiger partial charge < -0.3 is 19.1 Å². The van der Waals surface area contributed by atoms with Crippen LogP contribution in [-0.4, -0.2) is 39.2 Å². The average molecular weight is 341 g/mol. The van der Waals surface area contributed by atoms with Gasteiger partial charge in [-0.15, -0.1) is 0 Å². The molecule has 0 bridgehead atoms. The maximum absolute atomic E-state index is 12.3. The van der Waals surface area contributed by atoms with E-state index < -0.39 is 0 Å². The molecule has 0 aromatic heterocycles. The molecule has 0 unspecified atom stereocenters. The molecule has 0 aliphatic carbocycles. The van der Waals surface area contributed by atoms with Crippen molar-refractivity contribution in [1.82, 2.24) is 4.90 Å². The highest BCUT2D eigenvalue weighted by molar-refractivity contribution is 5.92. The van der Waals surface area contributed by atoms with Crippen LogP contribution in [0.3, 0.4) is 0 Å². The smallest absolute Gasteiger partial charge is 0.246 e. The van der Waals surface area contributed by atoms with Gasteiger partial charge in [-0.25, -0.2) is 0 Å². The maximum Gasteiger partial charge on any atom is 0.246 e. The number of hydrogen-bond acceptors (Lipinski definition) is 4. The zero-order valence-corrected chi connectivity index (χ0v) is 15.0. The van der Waals surface area contributed by atoms with Crippen LogP contribution < -0.4 is 14.2 Å². The highest BCUT2D eigenvalue weighted by Crippen LogP contribution is 2.40. The Morgan fingerprint density at radius 2 is 1.64 bits per heavy atom. The van der Waals surface area contributed by atoms with Crippen molar-refractivity contribution in [2.75, 3.05) is 28.4 Å². The van der Waals surface area contributed by atoms with E-state index in [-0.39, 0.29) is 5.91 Å². The van der Waals surface area contributed by atoms with E-state index in [1.165, 1.54) is 6.08 Å². The summed E-state index contributed by atoms with van der Waals surface area (Å²) < 4.78 is 16.0. The Labute approximate surface area is 148 Å². The average Bonchev–Trinajstić information content (AvgIpc) is 2.65. The first-order chi connectivity index (χ1) is 12.1. The number of amides is 1. The number of ether oxygens (including phenoxy) is 3. The van der Waals surface area contributed by atoms with E-state index >= 15 is 0 Å². The lowest BCUT2D eigenvalue weighted by Gasteiger charge is -2.16. The molecule has 0 heterocycles.